The average Bonchev–Trinajstić information content (AvgIpc) is 2.94. The Balaban J connectivity index is 1.46. The molecule has 0 saturated carbocycles. The fraction of sp³-hybridized carbons (Fsp3) is 0.190. The molecular formula is C21H19FN2O3S. The van der Waals surface area contributed by atoms with Gasteiger partial charge < -0.3 is 5.32 Å². The fourth-order valence-electron chi connectivity index (χ4n) is 2.74. The molecule has 28 heavy (non-hydrogen) atoms. The number of rotatable bonds is 7. The number of hydrogen-bond donors (Lipinski definition) is 1. The van der Waals surface area contributed by atoms with Gasteiger partial charge in [-0.3, -0.25) is 19.3 Å². The number of aryl methyl sites for hydroxylation is 1. The van der Waals surface area contributed by atoms with Crippen molar-refractivity contribution in [3.63, 3.8) is 0 Å². The number of carbonyl (C=O) groups excluding carboxylic acids is 3. The maximum atomic E-state index is 13.1. The molecule has 1 N–H and O–H groups in total. The van der Waals surface area contributed by atoms with Crippen molar-refractivity contribution in [1.82, 2.24) is 10.2 Å². The van der Waals surface area contributed by atoms with Crippen LogP contribution in [-0.4, -0.2) is 35.0 Å². The van der Waals surface area contributed by atoms with Crippen LogP contribution in [0.2, 0.25) is 0 Å². The predicted octanol–water partition coefficient (Wildman–Crippen LogP) is 3.61. The molecule has 0 unspecified atom stereocenters. The van der Waals surface area contributed by atoms with Gasteiger partial charge in [0, 0.05) is 19.5 Å². The number of imide groups is 1. The minimum atomic E-state index is -0.354. The summed E-state index contributed by atoms with van der Waals surface area (Å²) in [5.74, 6) is -0.898. The van der Waals surface area contributed by atoms with Gasteiger partial charge in [-0.05, 0) is 47.5 Å². The van der Waals surface area contributed by atoms with E-state index >= 15 is 0 Å². The van der Waals surface area contributed by atoms with Crippen molar-refractivity contribution >= 4 is 34.9 Å². The topological polar surface area (TPSA) is 66.5 Å². The molecule has 5 nitrogen and oxygen atoms in total. The van der Waals surface area contributed by atoms with E-state index in [4.69, 9.17) is 0 Å². The summed E-state index contributed by atoms with van der Waals surface area (Å²) in [6.07, 6.45) is 2.31. The Kier molecular flexibility index (Phi) is 6.60. The van der Waals surface area contributed by atoms with E-state index in [1.807, 2.05) is 30.3 Å². The molecule has 1 heterocycles. The van der Waals surface area contributed by atoms with Gasteiger partial charge >= 0.3 is 0 Å². The average molecular weight is 398 g/mol. The number of thioether (sulfide) groups is 1. The van der Waals surface area contributed by atoms with E-state index in [1.165, 1.54) is 12.1 Å². The summed E-state index contributed by atoms with van der Waals surface area (Å²) < 4.78 is 13.1. The fourth-order valence-corrected chi connectivity index (χ4v) is 3.60. The highest BCUT2D eigenvalue weighted by Gasteiger charge is 2.34. The zero-order valence-electron chi connectivity index (χ0n) is 15.1. The number of benzene rings is 2. The van der Waals surface area contributed by atoms with Crippen molar-refractivity contribution in [2.45, 2.75) is 12.8 Å². The van der Waals surface area contributed by atoms with Crippen LogP contribution in [0.25, 0.3) is 6.08 Å². The molecule has 144 valence electrons. The Morgan fingerprint density at radius 3 is 2.64 bits per heavy atom. The Morgan fingerprint density at radius 2 is 1.89 bits per heavy atom. The molecule has 1 saturated heterocycles. The van der Waals surface area contributed by atoms with Gasteiger partial charge in [0.25, 0.3) is 11.1 Å². The lowest BCUT2D eigenvalue weighted by molar-refractivity contribution is -0.124. The largest absolute Gasteiger partial charge is 0.354 e. The highest BCUT2D eigenvalue weighted by atomic mass is 32.2. The second kappa shape index (κ2) is 9.32. The molecule has 0 radical (unpaired) electrons. The van der Waals surface area contributed by atoms with Gasteiger partial charge in [-0.2, -0.15) is 0 Å². The third-order valence-corrected chi connectivity index (χ3v) is 5.07. The minimum absolute atomic E-state index is 0.114. The Bertz CT molecular complexity index is 915. The molecule has 2 aromatic rings. The van der Waals surface area contributed by atoms with E-state index in [9.17, 15) is 18.8 Å². The van der Waals surface area contributed by atoms with Gasteiger partial charge in [0.15, 0.2) is 0 Å². The van der Waals surface area contributed by atoms with Gasteiger partial charge in [0.1, 0.15) is 5.82 Å². The lowest BCUT2D eigenvalue weighted by Gasteiger charge is -2.13. The quantitative estimate of drug-likeness (QED) is 0.724. The van der Waals surface area contributed by atoms with Crippen molar-refractivity contribution in [2.24, 2.45) is 0 Å². The predicted molar refractivity (Wildman–Crippen MR) is 107 cm³/mol. The lowest BCUT2D eigenvalue weighted by atomic mass is 10.1. The Hall–Kier alpha value is -2.93. The standard InChI is InChI=1S/C21H19FN2O3S/c22-17-8-4-7-16(13-17)9-10-19(25)23-11-12-24-20(26)18(28-21(24)27)14-15-5-2-1-3-6-15/h1-8,13-14H,9-12H2,(H,23,25)/b18-14-. The van der Waals surface area contributed by atoms with Gasteiger partial charge in [-0.25, -0.2) is 4.39 Å². The van der Waals surface area contributed by atoms with Gasteiger partial charge in [0.05, 0.1) is 4.91 Å². The molecular weight excluding hydrogens is 379 g/mol. The van der Waals surface area contributed by atoms with Gasteiger partial charge in [0.2, 0.25) is 5.91 Å². The molecule has 0 bridgehead atoms. The normalized spacial score (nSPS) is 15.3. The summed E-state index contributed by atoms with van der Waals surface area (Å²) in [4.78, 5) is 37.9. The Labute approximate surface area is 166 Å². The van der Waals surface area contributed by atoms with Crippen LogP contribution in [0.3, 0.4) is 0 Å². The first kappa shape index (κ1) is 19.8. The zero-order chi connectivity index (χ0) is 19.9. The second-order valence-corrected chi connectivity index (χ2v) is 7.22. The minimum Gasteiger partial charge on any atom is -0.354 e. The zero-order valence-corrected chi connectivity index (χ0v) is 15.9. The van der Waals surface area contributed by atoms with Crippen LogP contribution in [0.1, 0.15) is 17.5 Å². The van der Waals surface area contributed by atoms with Gasteiger partial charge in [-0.1, -0.05) is 42.5 Å². The van der Waals surface area contributed by atoms with Crippen molar-refractivity contribution in [2.75, 3.05) is 13.1 Å². The number of amides is 3. The molecule has 0 atom stereocenters. The highest BCUT2D eigenvalue weighted by molar-refractivity contribution is 8.18. The lowest BCUT2D eigenvalue weighted by Crippen LogP contribution is -2.37. The molecule has 3 rings (SSSR count). The number of carbonyl (C=O) groups is 3. The van der Waals surface area contributed by atoms with Crippen molar-refractivity contribution in [3.05, 3.63) is 76.4 Å². The monoisotopic (exact) mass is 398 g/mol. The van der Waals surface area contributed by atoms with Crippen molar-refractivity contribution < 1.29 is 18.8 Å². The summed E-state index contributed by atoms with van der Waals surface area (Å²) in [7, 11) is 0. The van der Waals surface area contributed by atoms with E-state index in [2.05, 4.69) is 5.32 Å². The number of hydrogen-bond acceptors (Lipinski definition) is 4. The smallest absolute Gasteiger partial charge is 0.293 e. The van der Waals surface area contributed by atoms with Crippen LogP contribution in [0.15, 0.2) is 59.5 Å². The van der Waals surface area contributed by atoms with Crippen LogP contribution in [0.4, 0.5) is 9.18 Å². The van der Waals surface area contributed by atoms with E-state index in [0.717, 1.165) is 27.8 Å². The van der Waals surface area contributed by atoms with Crippen LogP contribution < -0.4 is 5.32 Å². The molecule has 0 aliphatic carbocycles. The SMILES string of the molecule is O=C(CCc1cccc(F)c1)NCCN1C(=O)S/C(=C\c2ccccc2)C1=O. The molecule has 0 aromatic heterocycles. The molecule has 0 spiro atoms. The number of nitrogens with zero attached hydrogens (tertiary/aromatic N) is 1. The second-order valence-electron chi connectivity index (χ2n) is 6.22. The molecule has 1 fully saturated rings. The first-order chi connectivity index (χ1) is 13.5. The molecule has 1 aliphatic rings. The summed E-state index contributed by atoms with van der Waals surface area (Å²) in [5, 5.41) is 2.35. The third-order valence-electron chi connectivity index (χ3n) is 4.16. The summed E-state index contributed by atoms with van der Waals surface area (Å²) in [6.45, 7) is 0.293. The number of nitrogens with one attached hydrogen (secondary N) is 1. The third kappa shape index (κ3) is 5.29. The molecule has 2 aromatic carbocycles. The number of halogens is 1. The van der Waals surface area contributed by atoms with Crippen LogP contribution in [-0.2, 0) is 16.0 Å². The van der Waals surface area contributed by atoms with E-state index in [0.29, 0.717) is 11.3 Å². The summed E-state index contributed by atoms with van der Waals surface area (Å²) in [5.41, 5.74) is 1.59. The van der Waals surface area contributed by atoms with E-state index in [1.54, 1.807) is 18.2 Å². The first-order valence-corrected chi connectivity index (χ1v) is 9.66. The van der Waals surface area contributed by atoms with E-state index in [-0.39, 0.29) is 42.4 Å². The molecule has 3 amide bonds. The van der Waals surface area contributed by atoms with Crippen molar-refractivity contribution in [1.29, 1.82) is 0 Å². The molecule has 7 heteroatoms. The summed E-state index contributed by atoms with van der Waals surface area (Å²) >= 11 is 0.895. The molecule has 1 aliphatic heterocycles. The van der Waals surface area contributed by atoms with E-state index < -0.39 is 0 Å². The van der Waals surface area contributed by atoms with Crippen LogP contribution in [0, 0.1) is 5.82 Å². The van der Waals surface area contributed by atoms with Crippen LogP contribution in [0.5, 0.6) is 0 Å². The highest BCUT2D eigenvalue weighted by Crippen LogP contribution is 2.31. The first-order valence-electron chi connectivity index (χ1n) is 8.84. The maximum absolute atomic E-state index is 13.1. The van der Waals surface area contributed by atoms with Gasteiger partial charge in [-0.15, -0.1) is 0 Å². The van der Waals surface area contributed by atoms with Crippen molar-refractivity contribution in [3.8, 4) is 0 Å². The van der Waals surface area contributed by atoms with Crippen LogP contribution >= 0.6 is 11.8 Å². The maximum Gasteiger partial charge on any atom is 0.293 e. The Morgan fingerprint density at radius 1 is 1.11 bits per heavy atom. The summed E-state index contributed by atoms with van der Waals surface area (Å²) in [6, 6.07) is 15.4.